The van der Waals surface area contributed by atoms with Gasteiger partial charge in [-0.15, -0.1) is 0 Å². The van der Waals surface area contributed by atoms with Crippen LogP contribution in [0.5, 0.6) is 0 Å². The predicted molar refractivity (Wildman–Crippen MR) is 47.5 cm³/mol. The van der Waals surface area contributed by atoms with Gasteiger partial charge in [0.2, 0.25) is 0 Å². The number of nitrogens with one attached hydrogen (secondary N) is 1. The second kappa shape index (κ2) is 3.40. The summed E-state index contributed by atoms with van der Waals surface area (Å²) in [4.78, 5) is 0. The summed E-state index contributed by atoms with van der Waals surface area (Å²) in [5, 5.41) is 3.44. The van der Waals surface area contributed by atoms with Crippen molar-refractivity contribution in [1.82, 2.24) is 5.32 Å². The minimum Gasteiger partial charge on any atom is -0.313 e. The summed E-state index contributed by atoms with van der Waals surface area (Å²) in [5.74, 6) is 0.947. The fraction of sp³-hybridized carbons (Fsp3) is 0.800. The summed E-state index contributed by atoms with van der Waals surface area (Å²) in [7, 11) is 0. The van der Waals surface area contributed by atoms with E-state index in [9.17, 15) is 0 Å². The van der Waals surface area contributed by atoms with E-state index in [-0.39, 0.29) is 0 Å². The van der Waals surface area contributed by atoms with Crippen LogP contribution in [0.15, 0.2) is 11.6 Å². The molecular weight excluding hydrogens is 134 g/mol. The number of rotatable bonds is 1. The Bertz CT molecular complexity index is 154. The molecule has 1 saturated carbocycles. The fourth-order valence-corrected chi connectivity index (χ4v) is 2.27. The van der Waals surface area contributed by atoms with Gasteiger partial charge in [-0.3, -0.25) is 0 Å². The molecule has 0 spiro atoms. The molecule has 62 valence electrons. The summed E-state index contributed by atoms with van der Waals surface area (Å²) >= 11 is 0. The van der Waals surface area contributed by atoms with Gasteiger partial charge in [0.05, 0.1) is 0 Å². The van der Waals surface area contributed by atoms with Crippen LogP contribution in [0.1, 0.15) is 32.1 Å². The zero-order chi connectivity index (χ0) is 7.52. The maximum atomic E-state index is 3.44. The highest BCUT2D eigenvalue weighted by Gasteiger charge is 2.19. The van der Waals surface area contributed by atoms with Gasteiger partial charge in [0.1, 0.15) is 0 Å². The van der Waals surface area contributed by atoms with Gasteiger partial charge < -0.3 is 5.32 Å². The van der Waals surface area contributed by atoms with Crippen molar-refractivity contribution in [1.29, 1.82) is 0 Å². The van der Waals surface area contributed by atoms with E-state index in [1.54, 1.807) is 5.57 Å². The Morgan fingerprint density at radius 2 is 2.09 bits per heavy atom. The molecule has 0 radical (unpaired) electrons. The molecule has 0 aromatic rings. The van der Waals surface area contributed by atoms with Crippen LogP contribution in [0, 0.1) is 5.92 Å². The van der Waals surface area contributed by atoms with E-state index in [1.807, 2.05) is 0 Å². The largest absolute Gasteiger partial charge is 0.313 e. The maximum Gasteiger partial charge on any atom is 0.0167 e. The number of hydrogen-bond donors (Lipinski definition) is 1. The van der Waals surface area contributed by atoms with Crippen LogP contribution in [-0.4, -0.2) is 13.1 Å². The first kappa shape index (κ1) is 7.35. The summed E-state index contributed by atoms with van der Waals surface area (Å²) in [5.41, 5.74) is 1.70. The van der Waals surface area contributed by atoms with Crippen LogP contribution >= 0.6 is 0 Å². The molecule has 1 heteroatoms. The highest BCUT2D eigenvalue weighted by molar-refractivity contribution is 5.12. The molecule has 2 aliphatic rings. The van der Waals surface area contributed by atoms with Gasteiger partial charge >= 0.3 is 0 Å². The Kier molecular flexibility index (Phi) is 2.27. The Morgan fingerprint density at radius 1 is 1.27 bits per heavy atom. The fourth-order valence-electron chi connectivity index (χ4n) is 2.27. The van der Waals surface area contributed by atoms with E-state index in [0.717, 1.165) is 5.92 Å². The Balaban J connectivity index is 1.96. The lowest BCUT2D eigenvalue weighted by Gasteiger charge is -2.19. The van der Waals surface area contributed by atoms with Gasteiger partial charge in [0, 0.05) is 6.54 Å². The first-order valence-electron chi connectivity index (χ1n) is 4.86. The lowest BCUT2D eigenvalue weighted by molar-refractivity contribution is 0.571. The van der Waals surface area contributed by atoms with Crippen LogP contribution in [0.3, 0.4) is 0 Å². The third-order valence-corrected chi connectivity index (χ3v) is 2.94. The zero-order valence-corrected chi connectivity index (χ0v) is 7.10. The molecule has 0 amide bonds. The summed E-state index contributed by atoms with van der Waals surface area (Å²) < 4.78 is 0. The summed E-state index contributed by atoms with van der Waals surface area (Å²) in [6.45, 7) is 2.36. The van der Waals surface area contributed by atoms with Crippen molar-refractivity contribution in [2.75, 3.05) is 13.1 Å². The molecule has 1 aliphatic carbocycles. The standard InChI is InChI=1S/C10H17N/c1-2-5-9(4-1)10-6-3-7-11-8-10/h6,9,11H,1-5,7-8H2. The topological polar surface area (TPSA) is 12.0 Å². The molecule has 0 atom stereocenters. The molecular formula is C10H17N. The first-order valence-corrected chi connectivity index (χ1v) is 4.86. The third-order valence-electron chi connectivity index (χ3n) is 2.94. The Hall–Kier alpha value is -0.300. The lowest BCUT2D eigenvalue weighted by Crippen LogP contribution is -2.24. The second-order valence-electron chi connectivity index (χ2n) is 3.73. The van der Waals surface area contributed by atoms with Crippen molar-refractivity contribution < 1.29 is 0 Å². The third kappa shape index (κ3) is 1.64. The molecule has 1 nitrogen and oxygen atoms in total. The smallest absolute Gasteiger partial charge is 0.0167 e. The van der Waals surface area contributed by atoms with Crippen molar-refractivity contribution in [3.05, 3.63) is 11.6 Å². The Morgan fingerprint density at radius 3 is 2.73 bits per heavy atom. The molecule has 2 rings (SSSR count). The van der Waals surface area contributed by atoms with Crippen LogP contribution in [0.25, 0.3) is 0 Å². The summed E-state index contributed by atoms with van der Waals surface area (Å²) in [6, 6.07) is 0. The zero-order valence-electron chi connectivity index (χ0n) is 7.10. The van der Waals surface area contributed by atoms with Crippen molar-refractivity contribution >= 4 is 0 Å². The molecule has 0 saturated heterocycles. The minimum absolute atomic E-state index is 0.947. The van der Waals surface area contributed by atoms with Gasteiger partial charge in [-0.05, 0) is 31.7 Å². The van der Waals surface area contributed by atoms with Gasteiger partial charge in [-0.25, -0.2) is 0 Å². The molecule has 1 fully saturated rings. The van der Waals surface area contributed by atoms with E-state index in [4.69, 9.17) is 0 Å². The van der Waals surface area contributed by atoms with Gasteiger partial charge in [0.15, 0.2) is 0 Å². The first-order chi connectivity index (χ1) is 5.47. The molecule has 1 heterocycles. The van der Waals surface area contributed by atoms with Crippen LogP contribution in [0.2, 0.25) is 0 Å². The number of hydrogen-bond acceptors (Lipinski definition) is 1. The average Bonchev–Trinajstić information content (AvgIpc) is 2.58. The average molecular weight is 151 g/mol. The maximum absolute atomic E-state index is 3.44. The van der Waals surface area contributed by atoms with Gasteiger partial charge in [-0.1, -0.05) is 24.5 Å². The van der Waals surface area contributed by atoms with Crippen LogP contribution in [-0.2, 0) is 0 Å². The van der Waals surface area contributed by atoms with E-state index in [0.29, 0.717) is 0 Å². The van der Waals surface area contributed by atoms with Gasteiger partial charge in [0.25, 0.3) is 0 Å². The summed E-state index contributed by atoms with van der Waals surface area (Å²) in [6.07, 6.45) is 9.54. The van der Waals surface area contributed by atoms with E-state index in [2.05, 4.69) is 11.4 Å². The van der Waals surface area contributed by atoms with E-state index in [1.165, 1.54) is 45.2 Å². The monoisotopic (exact) mass is 151 g/mol. The molecule has 0 aromatic heterocycles. The molecule has 0 aromatic carbocycles. The highest BCUT2D eigenvalue weighted by Crippen LogP contribution is 2.31. The molecule has 1 N–H and O–H groups in total. The second-order valence-corrected chi connectivity index (χ2v) is 3.73. The van der Waals surface area contributed by atoms with Crippen molar-refractivity contribution in [2.45, 2.75) is 32.1 Å². The van der Waals surface area contributed by atoms with E-state index >= 15 is 0 Å². The Labute approximate surface area is 68.9 Å². The minimum atomic E-state index is 0.947. The lowest BCUT2D eigenvalue weighted by atomic mass is 9.95. The normalized spacial score (nSPS) is 27.1. The predicted octanol–water partition coefficient (Wildman–Crippen LogP) is 2.10. The van der Waals surface area contributed by atoms with Crippen molar-refractivity contribution in [2.24, 2.45) is 5.92 Å². The van der Waals surface area contributed by atoms with Crippen LogP contribution < -0.4 is 5.32 Å². The highest BCUT2D eigenvalue weighted by atomic mass is 14.9. The van der Waals surface area contributed by atoms with Crippen molar-refractivity contribution in [3.8, 4) is 0 Å². The SMILES string of the molecule is C1=C(C2CCCC2)CNCC1. The van der Waals surface area contributed by atoms with E-state index < -0.39 is 0 Å². The quantitative estimate of drug-likeness (QED) is 0.566. The molecule has 11 heavy (non-hydrogen) atoms. The van der Waals surface area contributed by atoms with Gasteiger partial charge in [-0.2, -0.15) is 0 Å². The molecule has 0 unspecified atom stereocenters. The van der Waals surface area contributed by atoms with Crippen LogP contribution in [0.4, 0.5) is 0 Å². The van der Waals surface area contributed by atoms with Crippen molar-refractivity contribution in [3.63, 3.8) is 0 Å². The molecule has 1 aliphatic heterocycles. The molecule has 0 bridgehead atoms.